The van der Waals surface area contributed by atoms with Crippen LogP contribution < -0.4 is 0 Å². The van der Waals surface area contributed by atoms with Gasteiger partial charge in [0.2, 0.25) is 0 Å². The largest absolute Gasteiger partial charge is 0.300 e. The van der Waals surface area contributed by atoms with Crippen LogP contribution >= 0.6 is 0 Å². The number of nitrogens with zero attached hydrogens (tertiary/aromatic N) is 1. The molecule has 0 spiro atoms. The minimum Gasteiger partial charge on any atom is -0.300 e. The topological polar surface area (TPSA) is 20.3 Å². The first kappa shape index (κ1) is 16.1. The van der Waals surface area contributed by atoms with Crippen LogP contribution in [0.4, 0.5) is 8.78 Å². The van der Waals surface area contributed by atoms with Crippen LogP contribution in [0.15, 0.2) is 18.2 Å². The van der Waals surface area contributed by atoms with Crippen molar-refractivity contribution in [3.8, 4) is 0 Å². The zero-order valence-corrected chi connectivity index (χ0v) is 13.1. The maximum atomic E-state index is 14.1. The van der Waals surface area contributed by atoms with Crippen molar-refractivity contribution in [1.29, 1.82) is 0 Å². The van der Waals surface area contributed by atoms with Gasteiger partial charge in [-0.15, -0.1) is 0 Å². The number of halogens is 2. The average Bonchev–Trinajstić information content (AvgIpc) is 2.84. The summed E-state index contributed by atoms with van der Waals surface area (Å²) in [7, 11) is 0. The highest BCUT2D eigenvalue weighted by Gasteiger charge is 2.42. The molecule has 1 aliphatic heterocycles. The normalized spacial score (nSPS) is 23.5. The summed E-state index contributed by atoms with van der Waals surface area (Å²) < 4.78 is 27.2. The number of hydrogen-bond acceptors (Lipinski definition) is 2. The molecule has 2 atom stereocenters. The van der Waals surface area contributed by atoms with E-state index in [0.29, 0.717) is 18.7 Å². The van der Waals surface area contributed by atoms with Gasteiger partial charge in [-0.25, -0.2) is 8.78 Å². The zero-order chi connectivity index (χ0) is 15.8. The summed E-state index contributed by atoms with van der Waals surface area (Å²) in [6, 6.07) is 3.65. The van der Waals surface area contributed by atoms with Gasteiger partial charge in [-0.2, -0.15) is 0 Å². The maximum absolute atomic E-state index is 14.1. The van der Waals surface area contributed by atoms with Crippen molar-refractivity contribution in [3.05, 3.63) is 35.4 Å². The van der Waals surface area contributed by atoms with E-state index < -0.39 is 11.6 Å². The Morgan fingerprint density at radius 2 is 2.00 bits per heavy atom. The van der Waals surface area contributed by atoms with Gasteiger partial charge < -0.3 is 0 Å². The summed E-state index contributed by atoms with van der Waals surface area (Å²) in [4.78, 5) is 14.2. The highest BCUT2D eigenvalue weighted by atomic mass is 19.1. The number of benzene rings is 1. The average molecular weight is 295 g/mol. The maximum Gasteiger partial charge on any atom is 0.134 e. The third-order valence-electron chi connectivity index (χ3n) is 4.93. The molecular weight excluding hydrogens is 272 g/mol. The van der Waals surface area contributed by atoms with Crippen molar-refractivity contribution in [3.63, 3.8) is 0 Å². The molecule has 0 radical (unpaired) electrons. The molecule has 2 rings (SSSR count). The smallest absolute Gasteiger partial charge is 0.134 e. The molecule has 0 amide bonds. The van der Waals surface area contributed by atoms with Crippen molar-refractivity contribution >= 4 is 5.78 Å². The first-order valence-corrected chi connectivity index (χ1v) is 7.46. The quantitative estimate of drug-likeness (QED) is 0.843. The van der Waals surface area contributed by atoms with E-state index in [1.165, 1.54) is 12.1 Å². The second-order valence-electron chi connectivity index (χ2n) is 6.56. The lowest BCUT2D eigenvalue weighted by atomic mass is 9.86. The number of carbonyl (C=O) groups excluding carboxylic acids is 1. The van der Waals surface area contributed by atoms with E-state index >= 15 is 0 Å². The Hall–Kier alpha value is -1.29. The Balaban J connectivity index is 2.34. The minimum atomic E-state index is -0.584. The molecule has 21 heavy (non-hydrogen) atoms. The van der Waals surface area contributed by atoms with E-state index in [1.807, 2.05) is 0 Å². The molecule has 2 nitrogen and oxygen atoms in total. The molecule has 0 bridgehead atoms. The summed E-state index contributed by atoms with van der Waals surface area (Å²) in [6.07, 6.45) is 0.955. The molecule has 0 saturated carbocycles. The van der Waals surface area contributed by atoms with Gasteiger partial charge in [-0.3, -0.25) is 9.69 Å². The fourth-order valence-electron chi connectivity index (χ4n) is 3.05. The molecule has 0 unspecified atom stereocenters. The lowest BCUT2D eigenvalue weighted by molar-refractivity contribution is -0.120. The van der Waals surface area contributed by atoms with Crippen LogP contribution in [0, 0.1) is 17.6 Å². The number of likely N-dealkylation sites (tertiary alicyclic amines) is 1. The molecular formula is C17H23F2NO. The molecule has 1 aromatic carbocycles. The molecule has 4 heteroatoms. The molecule has 116 valence electrons. The van der Waals surface area contributed by atoms with E-state index in [1.54, 1.807) is 6.92 Å². The van der Waals surface area contributed by atoms with E-state index in [9.17, 15) is 13.6 Å². The number of carbonyl (C=O) groups is 1. The Labute approximate surface area is 125 Å². The summed E-state index contributed by atoms with van der Waals surface area (Å²) >= 11 is 0. The fraction of sp³-hybridized carbons (Fsp3) is 0.588. The van der Waals surface area contributed by atoms with Crippen molar-refractivity contribution in [2.75, 3.05) is 13.1 Å². The van der Waals surface area contributed by atoms with Gasteiger partial charge in [0.25, 0.3) is 0 Å². The molecule has 1 saturated heterocycles. The van der Waals surface area contributed by atoms with Gasteiger partial charge in [0.05, 0.1) is 0 Å². The minimum absolute atomic E-state index is 0.0288. The van der Waals surface area contributed by atoms with Crippen molar-refractivity contribution < 1.29 is 13.6 Å². The SMILES string of the molecule is CCC(C)(C)N1C[C@@H](C(C)=O)[C@H](c2ccc(F)cc2F)C1. The van der Waals surface area contributed by atoms with Crippen LogP contribution in [0.3, 0.4) is 0 Å². The lowest BCUT2D eigenvalue weighted by Gasteiger charge is -2.34. The highest BCUT2D eigenvalue weighted by Crippen LogP contribution is 2.38. The van der Waals surface area contributed by atoms with Gasteiger partial charge in [0.15, 0.2) is 0 Å². The number of hydrogen-bond donors (Lipinski definition) is 0. The number of rotatable bonds is 4. The Bertz CT molecular complexity index is 542. The van der Waals surface area contributed by atoms with Gasteiger partial charge >= 0.3 is 0 Å². The molecule has 1 fully saturated rings. The fourth-order valence-corrected chi connectivity index (χ4v) is 3.05. The Morgan fingerprint density at radius 3 is 2.52 bits per heavy atom. The third kappa shape index (κ3) is 3.15. The van der Waals surface area contributed by atoms with Gasteiger partial charge in [0.1, 0.15) is 17.4 Å². The standard InChI is InChI=1S/C17H23F2NO/c1-5-17(3,4)20-9-14(11(2)21)15(10-20)13-7-6-12(18)8-16(13)19/h6-8,14-15H,5,9-10H2,1-4H3/t14-,15-/m0/s1. The van der Waals surface area contributed by atoms with Crippen LogP contribution in [0.25, 0.3) is 0 Å². The Morgan fingerprint density at radius 1 is 1.33 bits per heavy atom. The monoisotopic (exact) mass is 295 g/mol. The van der Waals surface area contributed by atoms with Crippen LogP contribution in [-0.2, 0) is 4.79 Å². The van der Waals surface area contributed by atoms with Crippen LogP contribution in [-0.4, -0.2) is 29.3 Å². The predicted molar refractivity (Wildman–Crippen MR) is 79.2 cm³/mol. The molecule has 0 aromatic heterocycles. The van der Waals surface area contributed by atoms with Gasteiger partial charge in [-0.1, -0.05) is 13.0 Å². The molecule has 1 heterocycles. The summed E-state index contributed by atoms with van der Waals surface area (Å²) in [6.45, 7) is 9.20. The zero-order valence-electron chi connectivity index (χ0n) is 13.1. The van der Waals surface area contributed by atoms with Crippen LogP contribution in [0.2, 0.25) is 0 Å². The van der Waals surface area contributed by atoms with E-state index in [2.05, 4.69) is 25.7 Å². The van der Waals surface area contributed by atoms with Crippen molar-refractivity contribution in [2.24, 2.45) is 5.92 Å². The third-order valence-corrected chi connectivity index (χ3v) is 4.93. The second-order valence-corrected chi connectivity index (χ2v) is 6.56. The van der Waals surface area contributed by atoms with Gasteiger partial charge in [0, 0.05) is 36.5 Å². The molecule has 1 aliphatic rings. The molecule has 0 aliphatic carbocycles. The highest BCUT2D eigenvalue weighted by molar-refractivity contribution is 5.80. The Kier molecular flexibility index (Phi) is 4.47. The van der Waals surface area contributed by atoms with Crippen LogP contribution in [0.5, 0.6) is 0 Å². The van der Waals surface area contributed by atoms with E-state index in [0.717, 1.165) is 12.5 Å². The lowest BCUT2D eigenvalue weighted by Crippen LogP contribution is -2.42. The summed E-state index contributed by atoms with van der Waals surface area (Å²) in [5.41, 5.74) is 0.421. The van der Waals surface area contributed by atoms with Crippen molar-refractivity contribution in [2.45, 2.75) is 45.6 Å². The summed E-state index contributed by atoms with van der Waals surface area (Å²) in [5.74, 6) is -1.50. The predicted octanol–water partition coefficient (Wildman–Crippen LogP) is 3.76. The summed E-state index contributed by atoms with van der Waals surface area (Å²) in [5, 5.41) is 0. The van der Waals surface area contributed by atoms with E-state index in [-0.39, 0.29) is 23.2 Å². The van der Waals surface area contributed by atoms with Gasteiger partial charge in [-0.05, 0) is 38.8 Å². The molecule has 1 aromatic rings. The first-order chi connectivity index (χ1) is 9.76. The van der Waals surface area contributed by atoms with Crippen molar-refractivity contribution in [1.82, 2.24) is 4.90 Å². The number of Topliss-reactive ketones (excluding diaryl/α,β-unsaturated/α-hetero) is 1. The van der Waals surface area contributed by atoms with Crippen LogP contribution in [0.1, 0.15) is 45.6 Å². The first-order valence-electron chi connectivity index (χ1n) is 7.46. The number of ketones is 1. The van der Waals surface area contributed by atoms with E-state index in [4.69, 9.17) is 0 Å². The molecule has 0 N–H and O–H groups in total. The second kappa shape index (κ2) is 5.84.